The maximum Gasteiger partial charge on any atom is 0.295 e. The summed E-state index contributed by atoms with van der Waals surface area (Å²) in [5.74, 6) is 0.131. The zero-order valence-electron chi connectivity index (χ0n) is 18.9. The van der Waals surface area contributed by atoms with Crippen LogP contribution in [0.15, 0.2) is 82.0 Å². The van der Waals surface area contributed by atoms with Gasteiger partial charge in [0.15, 0.2) is 12.0 Å². The molecule has 8 nitrogen and oxygen atoms in total. The fraction of sp³-hybridized carbons (Fsp3) is 0.148. The molecule has 3 aromatic carbocycles. The predicted octanol–water partition coefficient (Wildman–Crippen LogP) is 3.81. The Balaban J connectivity index is 1.64. The number of anilines is 1. The Bertz CT molecular complexity index is 1470. The molecule has 0 saturated heterocycles. The van der Waals surface area contributed by atoms with Crippen LogP contribution in [0.1, 0.15) is 34.6 Å². The third kappa shape index (κ3) is 3.99. The summed E-state index contributed by atoms with van der Waals surface area (Å²) in [5, 5.41) is 0.402. The number of amides is 2. The molecule has 1 aliphatic rings. The Hall–Kier alpha value is -4.59. The van der Waals surface area contributed by atoms with Gasteiger partial charge in [0.2, 0.25) is 5.76 Å². The number of carbonyl (C=O) groups excluding carboxylic acids is 2. The summed E-state index contributed by atoms with van der Waals surface area (Å²) in [5.41, 5.74) is 6.78. The number of hydrogen-bond donors (Lipinski definition) is 1. The molecule has 0 saturated carbocycles. The highest BCUT2D eigenvalue weighted by Crippen LogP contribution is 2.41. The van der Waals surface area contributed by atoms with Gasteiger partial charge in [-0.1, -0.05) is 24.3 Å². The van der Waals surface area contributed by atoms with Crippen molar-refractivity contribution < 1.29 is 23.5 Å². The lowest BCUT2D eigenvalue weighted by Gasteiger charge is -2.25. The molecule has 176 valence electrons. The third-order valence-electron chi connectivity index (χ3n) is 5.78. The monoisotopic (exact) mass is 470 g/mol. The molecule has 1 atom stereocenters. The topological polar surface area (TPSA) is 112 Å². The van der Waals surface area contributed by atoms with Crippen LogP contribution < -0.4 is 25.5 Å². The van der Waals surface area contributed by atoms with E-state index in [1.807, 2.05) is 6.92 Å². The van der Waals surface area contributed by atoms with Crippen molar-refractivity contribution in [2.45, 2.75) is 13.0 Å². The number of benzene rings is 3. The van der Waals surface area contributed by atoms with E-state index in [2.05, 4.69) is 0 Å². The van der Waals surface area contributed by atoms with Gasteiger partial charge in [-0.25, -0.2) is 0 Å². The van der Waals surface area contributed by atoms with Gasteiger partial charge in [0.05, 0.1) is 23.6 Å². The highest BCUT2D eigenvalue weighted by Gasteiger charge is 2.43. The van der Waals surface area contributed by atoms with Crippen molar-refractivity contribution >= 4 is 28.5 Å². The molecule has 0 bridgehead atoms. The third-order valence-corrected chi connectivity index (χ3v) is 5.78. The molecule has 2 amide bonds. The quantitative estimate of drug-likeness (QED) is 0.440. The van der Waals surface area contributed by atoms with Crippen LogP contribution in [0.3, 0.4) is 0 Å². The number of hydrogen-bond acceptors (Lipinski definition) is 6. The molecule has 8 heteroatoms. The molecule has 0 radical (unpaired) electrons. The lowest BCUT2D eigenvalue weighted by Crippen LogP contribution is -2.29. The molecule has 2 heterocycles. The normalized spacial score (nSPS) is 14.7. The van der Waals surface area contributed by atoms with Crippen molar-refractivity contribution in [2.24, 2.45) is 5.73 Å². The summed E-state index contributed by atoms with van der Waals surface area (Å²) in [7, 11) is 0. The molecule has 1 aromatic heterocycles. The van der Waals surface area contributed by atoms with E-state index in [9.17, 15) is 14.4 Å². The number of rotatable bonds is 7. The highest BCUT2D eigenvalue weighted by molar-refractivity contribution is 6.10. The van der Waals surface area contributed by atoms with Gasteiger partial charge in [-0.2, -0.15) is 0 Å². The van der Waals surface area contributed by atoms with Crippen molar-refractivity contribution in [3.63, 3.8) is 0 Å². The smallest absolute Gasteiger partial charge is 0.295 e. The summed E-state index contributed by atoms with van der Waals surface area (Å²) in [6.45, 7) is 2.16. The molecule has 0 aliphatic carbocycles. The molecular formula is C27H22N2O6. The van der Waals surface area contributed by atoms with Crippen molar-refractivity contribution in [1.29, 1.82) is 0 Å². The lowest BCUT2D eigenvalue weighted by atomic mass is 9.98. The van der Waals surface area contributed by atoms with Crippen LogP contribution in [0.5, 0.6) is 11.5 Å². The molecule has 2 N–H and O–H groups in total. The second-order valence-corrected chi connectivity index (χ2v) is 8.00. The Morgan fingerprint density at radius 1 is 0.943 bits per heavy atom. The zero-order chi connectivity index (χ0) is 24.5. The zero-order valence-corrected chi connectivity index (χ0v) is 18.9. The minimum Gasteiger partial charge on any atom is -0.494 e. The summed E-state index contributed by atoms with van der Waals surface area (Å²) in [6.07, 6.45) is 0. The number of fused-ring (bicyclic) bond motifs is 2. The predicted molar refractivity (Wildman–Crippen MR) is 130 cm³/mol. The first kappa shape index (κ1) is 22.2. The van der Waals surface area contributed by atoms with Crippen molar-refractivity contribution in [1.82, 2.24) is 0 Å². The van der Waals surface area contributed by atoms with Gasteiger partial charge < -0.3 is 19.6 Å². The average Bonchev–Trinajstić information content (AvgIpc) is 3.16. The first-order chi connectivity index (χ1) is 17.0. The molecule has 0 spiro atoms. The largest absolute Gasteiger partial charge is 0.494 e. The van der Waals surface area contributed by atoms with Crippen LogP contribution >= 0.6 is 0 Å². The fourth-order valence-corrected chi connectivity index (χ4v) is 4.27. The SMILES string of the molecule is CCOc1ccc(N2C(=O)c3oc4ccccc4c(=O)c3C2c2ccc(OCC(N)=O)cc2)cc1. The second-order valence-electron chi connectivity index (χ2n) is 8.00. The van der Waals surface area contributed by atoms with Gasteiger partial charge in [0.1, 0.15) is 17.1 Å². The summed E-state index contributed by atoms with van der Waals surface area (Å²) >= 11 is 0. The summed E-state index contributed by atoms with van der Waals surface area (Å²) < 4.78 is 16.8. The van der Waals surface area contributed by atoms with Crippen molar-refractivity contribution in [3.05, 3.63) is 99.9 Å². The van der Waals surface area contributed by atoms with Gasteiger partial charge >= 0.3 is 0 Å². The van der Waals surface area contributed by atoms with Crippen LogP contribution in [0.4, 0.5) is 5.69 Å². The summed E-state index contributed by atoms with van der Waals surface area (Å²) in [4.78, 5) is 39.8. The molecule has 4 aromatic rings. The Kier molecular flexibility index (Phi) is 5.70. The minimum atomic E-state index is -0.721. The Morgan fingerprint density at radius 3 is 2.29 bits per heavy atom. The molecule has 1 unspecified atom stereocenters. The van der Waals surface area contributed by atoms with E-state index in [1.54, 1.807) is 77.7 Å². The Morgan fingerprint density at radius 2 is 1.60 bits per heavy atom. The maximum atomic E-state index is 13.6. The van der Waals surface area contributed by atoms with Crippen LogP contribution in [0.25, 0.3) is 11.0 Å². The number of nitrogens with zero attached hydrogens (tertiary/aromatic N) is 1. The van der Waals surface area contributed by atoms with Crippen LogP contribution in [-0.4, -0.2) is 25.0 Å². The van der Waals surface area contributed by atoms with Gasteiger partial charge in [-0.05, 0) is 61.0 Å². The lowest BCUT2D eigenvalue weighted by molar-refractivity contribution is -0.119. The molecule has 0 fully saturated rings. The molecule has 35 heavy (non-hydrogen) atoms. The average molecular weight is 470 g/mol. The number of carbonyl (C=O) groups is 2. The second kappa shape index (κ2) is 8.98. The number of para-hydroxylation sites is 1. The van der Waals surface area contributed by atoms with Crippen LogP contribution in [0.2, 0.25) is 0 Å². The van der Waals surface area contributed by atoms with E-state index in [0.29, 0.717) is 40.3 Å². The highest BCUT2D eigenvalue weighted by atomic mass is 16.5. The standard InChI is InChI=1S/C27H22N2O6/c1-2-33-18-13-9-17(10-14-18)29-24(16-7-11-19(12-8-16)34-15-22(28)30)23-25(31)20-5-3-4-6-21(20)35-26(23)27(29)32/h3-14,24H,2,15H2,1H3,(H2,28,30). The fourth-order valence-electron chi connectivity index (χ4n) is 4.27. The number of primary amides is 1. The first-order valence-electron chi connectivity index (χ1n) is 11.1. The summed E-state index contributed by atoms with van der Waals surface area (Å²) in [6, 6.07) is 20.1. The first-order valence-corrected chi connectivity index (χ1v) is 11.1. The molecular weight excluding hydrogens is 448 g/mol. The van der Waals surface area contributed by atoms with Gasteiger partial charge in [-0.3, -0.25) is 19.3 Å². The van der Waals surface area contributed by atoms with Gasteiger partial charge in [-0.15, -0.1) is 0 Å². The van der Waals surface area contributed by atoms with E-state index < -0.39 is 17.9 Å². The number of nitrogens with two attached hydrogens (primary N) is 1. The van der Waals surface area contributed by atoms with Crippen LogP contribution in [0, 0.1) is 0 Å². The van der Waals surface area contributed by atoms with E-state index in [1.165, 1.54) is 0 Å². The minimum absolute atomic E-state index is 0.0154. The van der Waals surface area contributed by atoms with E-state index in [-0.39, 0.29) is 23.4 Å². The molecule has 5 rings (SSSR count). The number of ether oxygens (including phenoxy) is 2. The van der Waals surface area contributed by atoms with Crippen molar-refractivity contribution in [3.8, 4) is 11.5 Å². The Labute approximate surface area is 200 Å². The van der Waals surface area contributed by atoms with E-state index >= 15 is 0 Å². The van der Waals surface area contributed by atoms with Gasteiger partial charge in [0, 0.05) is 5.69 Å². The van der Waals surface area contributed by atoms with E-state index in [0.717, 1.165) is 0 Å². The van der Waals surface area contributed by atoms with E-state index in [4.69, 9.17) is 19.6 Å². The molecule has 1 aliphatic heterocycles. The van der Waals surface area contributed by atoms with Gasteiger partial charge in [0.25, 0.3) is 11.8 Å². The van der Waals surface area contributed by atoms with Crippen molar-refractivity contribution in [2.75, 3.05) is 18.1 Å². The maximum absolute atomic E-state index is 13.6. The van der Waals surface area contributed by atoms with Crippen LogP contribution in [-0.2, 0) is 4.79 Å².